The Hall–Kier alpha value is -1.51. The summed E-state index contributed by atoms with van der Waals surface area (Å²) in [5.41, 5.74) is 2.55. The van der Waals surface area contributed by atoms with Crippen molar-refractivity contribution in [3.63, 3.8) is 0 Å². The standard InChI is InChI=1S/C16H23NO2/c1-4-11(2)12-5-7-14(8-6-12)17(3)15-9-13(10-15)16(18)19/h5-8,11,13,15H,4,9-10H2,1-3H3,(H,18,19). The summed E-state index contributed by atoms with van der Waals surface area (Å²) < 4.78 is 0. The molecule has 0 radical (unpaired) electrons. The predicted molar refractivity (Wildman–Crippen MR) is 77.7 cm³/mol. The van der Waals surface area contributed by atoms with E-state index in [-0.39, 0.29) is 5.92 Å². The third-order valence-electron chi connectivity index (χ3n) is 4.49. The molecule has 1 unspecified atom stereocenters. The van der Waals surface area contributed by atoms with E-state index >= 15 is 0 Å². The third-order valence-corrected chi connectivity index (χ3v) is 4.49. The molecule has 3 nitrogen and oxygen atoms in total. The van der Waals surface area contributed by atoms with Crippen molar-refractivity contribution >= 4 is 11.7 Å². The zero-order valence-electron chi connectivity index (χ0n) is 12.0. The molecule has 1 N–H and O–H groups in total. The van der Waals surface area contributed by atoms with E-state index < -0.39 is 5.97 Å². The summed E-state index contributed by atoms with van der Waals surface area (Å²) in [6.45, 7) is 4.44. The second-order valence-corrected chi connectivity index (χ2v) is 5.67. The fourth-order valence-corrected chi connectivity index (χ4v) is 2.59. The average molecular weight is 261 g/mol. The second-order valence-electron chi connectivity index (χ2n) is 5.67. The van der Waals surface area contributed by atoms with Crippen LogP contribution in [0.2, 0.25) is 0 Å². The molecule has 1 aliphatic carbocycles. The van der Waals surface area contributed by atoms with E-state index in [1.807, 2.05) is 0 Å². The highest BCUT2D eigenvalue weighted by atomic mass is 16.4. The molecule has 1 fully saturated rings. The Morgan fingerprint density at radius 1 is 1.37 bits per heavy atom. The second kappa shape index (κ2) is 5.64. The highest BCUT2D eigenvalue weighted by Crippen LogP contribution is 2.34. The van der Waals surface area contributed by atoms with Gasteiger partial charge < -0.3 is 10.0 Å². The van der Waals surface area contributed by atoms with Crippen LogP contribution in [-0.4, -0.2) is 24.2 Å². The van der Waals surface area contributed by atoms with E-state index in [0.29, 0.717) is 12.0 Å². The SMILES string of the molecule is CCC(C)c1ccc(N(C)C2CC(C(=O)O)C2)cc1. The molecule has 104 valence electrons. The first kappa shape index (κ1) is 13.9. The van der Waals surface area contributed by atoms with Gasteiger partial charge in [0, 0.05) is 18.8 Å². The molecule has 1 atom stereocenters. The van der Waals surface area contributed by atoms with Crippen LogP contribution in [0.5, 0.6) is 0 Å². The van der Waals surface area contributed by atoms with Crippen LogP contribution in [-0.2, 0) is 4.79 Å². The average Bonchev–Trinajstić information content (AvgIpc) is 2.35. The summed E-state index contributed by atoms with van der Waals surface area (Å²) in [5.74, 6) is -0.206. The van der Waals surface area contributed by atoms with Crippen LogP contribution in [0.3, 0.4) is 0 Å². The van der Waals surface area contributed by atoms with Gasteiger partial charge in [0.2, 0.25) is 0 Å². The van der Waals surface area contributed by atoms with Gasteiger partial charge in [0.05, 0.1) is 5.92 Å². The van der Waals surface area contributed by atoms with Crippen molar-refractivity contribution in [3.8, 4) is 0 Å². The van der Waals surface area contributed by atoms with Crippen LogP contribution in [0.15, 0.2) is 24.3 Å². The number of nitrogens with zero attached hydrogens (tertiary/aromatic N) is 1. The molecule has 0 saturated heterocycles. The smallest absolute Gasteiger partial charge is 0.306 e. The molecule has 19 heavy (non-hydrogen) atoms. The zero-order valence-corrected chi connectivity index (χ0v) is 12.0. The summed E-state index contributed by atoms with van der Waals surface area (Å²) >= 11 is 0. The molecule has 0 aromatic heterocycles. The van der Waals surface area contributed by atoms with E-state index in [0.717, 1.165) is 19.3 Å². The van der Waals surface area contributed by atoms with Crippen molar-refractivity contribution in [2.75, 3.05) is 11.9 Å². The van der Waals surface area contributed by atoms with Crippen molar-refractivity contribution in [1.82, 2.24) is 0 Å². The summed E-state index contributed by atoms with van der Waals surface area (Å²) in [7, 11) is 2.06. The number of carbonyl (C=O) groups is 1. The van der Waals surface area contributed by atoms with E-state index in [9.17, 15) is 4.79 Å². The first-order valence-corrected chi connectivity index (χ1v) is 7.08. The first-order chi connectivity index (χ1) is 9.02. The Labute approximate surface area is 115 Å². The molecule has 1 saturated carbocycles. The van der Waals surface area contributed by atoms with Crippen LogP contribution in [0.25, 0.3) is 0 Å². The van der Waals surface area contributed by atoms with E-state index in [2.05, 4.69) is 50.1 Å². The van der Waals surface area contributed by atoms with Gasteiger partial charge in [0.15, 0.2) is 0 Å². The quantitative estimate of drug-likeness (QED) is 0.882. The molecule has 1 aromatic carbocycles. The Morgan fingerprint density at radius 3 is 2.42 bits per heavy atom. The lowest BCUT2D eigenvalue weighted by Crippen LogP contribution is -2.45. The minimum atomic E-state index is -0.656. The van der Waals surface area contributed by atoms with E-state index in [1.165, 1.54) is 11.3 Å². The Balaban J connectivity index is 1.97. The van der Waals surface area contributed by atoms with Gasteiger partial charge in [-0.05, 0) is 42.9 Å². The minimum Gasteiger partial charge on any atom is -0.481 e. The number of benzene rings is 1. The summed E-state index contributed by atoms with van der Waals surface area (Å²) in [6, 6.07) is 9.04. The molecule has 2 rings (SSSR count). The Bertz CT molecular complexity index is 435. The Morgan fingerprint density at radius 2 is 1.95 bits per heavy atom. The predicted octanol–water partition coefficient (Wildman–Crippen LogP) is 3.50. The van der Waals surface area contributed by atoms with Crippen LogP contribution in [0, 0.1) is 5.92 Å². The Kier molecular flexibility index (Phi) is 4.13. The third kappa shape index (κ3) is 2.91. The lowest BCUT2D eigenvalue weighted by atomic mass is 9.79. The fraction of sp³-hybridized carbons (Fsp3) is 0.562. The lowest BCUT2D eigenvalue weighted by Gasteiger charge is -2.40. The number of aliphatic carboxylic acids is 1. The molecular formula is C16H23NO2. The largest absolute Gasteiger partial charge is 0.481 e. The molecule has 0 bridgehead atoms. The number of anilines is 1. The highest BCUT2D eigenvalue weighted by molar-refractivity contribution is 5.71. The molecule has 1 aliphatic rings. The topological polar surface area (TPSA) is 40.5 Å². The van der Waals surface area contributed by atoms with Crippen molar-refractivity contribution < 1.29 is 9.90 Å². The van der Waals surface area contributed by atoms with Crippen molar-refractivity contribution in [3.05, 3.63) is 29.8 Å². The monoisotopic (exact) mass is 261 g/mol. The number of hydrogen-bond donors (Lipinski definition) is 1. The number of hydrogen-bond acceptors (Lipinski definition) is 2. The maximum atomic E-state index is 10.8. The number of rotatable bonds is 5. The molecule has 0 amide bonds. The minimum absolute atomic E-state index is 0.146. The molecule has 3 heteroatoms. The van der Waals surface area contributed by atoms with E-state index in [1.54, 1.807) is 0 Å². The highest BCUT2D eigenvalue weighted by Gasteiger charge is 2.36. The summed E-state index contributed by atoms with van der Waals surface area (Å²) in [5, 5.41) is 8.91. The number of carboxylic acids is 1. The lowest BCUT2D eigenvalue weighted by molar-refractivity contribution is -0.145. The number of carboxylic acid groups (broad SMARTS) is 1. The fourth-order valence-electron chi connectivity index (χ4n) is 2.59. The van der Waals surface area contributed by atoms with Gasteiger partial charge in [-0.15, -0.1) is 0 Å². The van der Waals surface area contributed by atoms with Crippen molar-refractivity contribution in [2.24, 2.45) is 5.92 Å². The van der Waals surface area contributed by atoms with Crippen LogP contribution in [0.4, 0.5) is 5.69 Å². The van der Waals surface area contributed by atoms with Crippen LogP contribution < -0.4 is 4.90 Å². The molecule has 0 heterocycles. The van der Waals surface area contributed by atoms with Gasteiger partial charge in [0.25, 0.3) is 0 Å². The molecular weight excluding hydrogens is 238 g/mol. The first-order valence-electron chi connectivity index (χ1n) is 7.08. The molecule has 0 aliphatic heterocycles. The summed E-state index contributed by atoms with van der Waals surface area (Å²) in [6.07, 6.45) is 2.68. The van der Waals surface area contributed by atoms with Crippen molar-refractivity contribution in [1.29, 1.82) is 0 Å². The van der Waals surface area contributed by atoms with E-state index in [4.69, 9.17) is 5.11 Å². The van der Waals surface area contributed by atoms with Gasteiger partial charge in [-0.1, -0.05) is 26.0 Å². The normalized spacial score (nSPS) is 23.5. The molecule has 0 spiro atoms. The zero-order chi connectivity index (χ0) is 14.0. The van der Waals surface area contributed by atoms with Gasteiger partial charge in [0.1, 0.15) is 0 Å². The van der Waals surface area contributed by atoms with Gasteiger partial charge in [-0.3, -0.25) is 4.79 Å². The van der Waals surface area contributed by atoms with Crippen LogP contribution in [0.1, 0.15) is 44.6 Å². The van der Waals surface area contributed by atoms with Gasteiger partial charge in [-0.2, -0.15) is 0 Å². The van der Waals surface area contributed by atoms with Crippen LogP contribution >= 0.6 is 0 Å². The van der Waals surface area contributed by atoms with Gasteiger partial charge >= 0.3 is 5.97 Å². The summed E-state index contributed by atoms with van der Waals surface area (Å²) in [4.78, 5) is 13.0. The molecule has 1 aromatic rings. The maximum absolute atomic E-state index is 10.8. The van der Waals surface area contributed by atoms with Gasteiger partial charge in [-0.25, -0.2) is 0 Å². The maximum Gasteiger partial charge on any atom is 0.306 e. The van der Waals surface area contributed by atoms with Crippen molar-refractivity contribution in [2.45, 2.75) is 45.1 Å².